The highest BCUT2D eigenvalue weighted by Gasteiger charge is 2.30. The fourth-order valence-corrected chi connectivity index (χ4v) is 2.39. The Kier molecular flexibility index (Phi) is 3.30. The average molecular weight is 223 g/mol. The van der Waals surface area contributed by atoms with Crippen molar-refractivity contribution in [1.82, 2.24) is 14.7 Å². The minimum absolute atomic E-state index is 0.556. The van der Waals surface area contributed by atoms with E-state index in [4.69, 9.17) is 0 Å². The van der Waals surface area contributed by atoms with E-state index in [1.165, 1.54) is 0 Å². The number of hydrogen-bond acceptors (Lipinski definition) is 3. The molecule has 0 saturated carbocycles. The Morgan fingerprint density at radius 1 is 1.38 bits per heavy atom. The molecule has 1 aliphatic rings. The second-order valence-corrected chi connectivity index (χ2v) is 5.04. The highest BCUT2D eigenvalue weighted by Crippen LogP contribution is 2.25. The molecule has 90 valence electrons. The molecular formula is C12H21N3O. The van der Waals surface area contributed by atoms with E-state index in [0.717, 1.165) is 38.0 Å². The van der Waals surface area contributed by atoms with Gasteiger partial charge in [0.15, 0.2) is 0 Å². The van der Waals surface area contributed by atoms with E-state index in [-0.39, 0.29) is 0 Å². The van der Waals surface area contributed by atoms with Crippen molar-refractivity contribution < 1.29 is 5.11 Å². The largest absolute Gasteiger partial charge is 0.389 e. The quantitative estimate of drug-likeness (QED) is 0.806. The van der Waals surface area contributed by atoms with E-state index >= 15 is 0 Å². The van der Waals surface area contributed by atoms with Gasteiger partial charge in [0.2, 0.25) is 0 Å². The number of hydrogen-bond donors (Lipinski definition) is 1. The zero-order chi connectivity index (χ0) is 11.6. The van der Waals surface area contributed by atoms with Crippen LogP contribution in [0, 0.1) is 0 Å². The lowest BCUT2D eigenvalue weighted by molar-refractivity contribution is 0.0253. The van der Waals surface area contributed by atoms with Crippen molar-refractivity contribution in [3.63, 3.8) is 0 Å². The van der Waals surface area contributed by atoms with Crippen LogP contribution in [0.2, 0.25) is 0 Å². The van der Waals surface area contributed by atoms with Gasteiger partial charge < -0.3 is 10.0 Å². The summed E-state index contributed by atoms with van der Waals surface area (Å²) in [5.41, 5.74) is 0.439. The second-order valence-electron chi connectivity index (χ2n) is 5.04. The summed E-state index contributed by atoms with van der Waals surface area (Å²) in [7, 11) is 4.03. The standard InChI is InChI=1S/C12H21N3O/c1-14-7-3-5-12(16,6-9-14)10-11-4-8-15(2)13-11/h4,8,16H,3,5-7,9-10H2,1-2H3. The van der Waals surface area contributed by atoms with Crippen LogP contribution in [0.25, 0.3) is 0 Å². The third-order valence-electron chi connectivity index (χ3n) is 3.42. The summed E-state index contributed by atoms with van der Waals surface area (Å²) in [6, 6.07) is 1.99. The molecule has 2 heterocycles. The van der Waals surface area contributed by atoms with Gasteiger partial charge >= 0.3 is 0 Å². The summed E-state index contributed by atoms with van der Waals surface area (Å²) < 4.78 is 1.79. The van der Waals surface area contributed by atoms with Gasteiger partial charge in [-0.1, -0.05) is 0 Å². The number of nitrogens with zero attached hydrogens (tertiary/aromatic N) is 3. The number of aliphatic hydroxyl groups is 1. The first-order valence-electron chi connectivity index (χ1n) is 5.97. The van der Waals surface area contributed by atoms with Crippen molar-refractivity contribution in [3.8, 4) is 0 Å². The summed E-state index contributed by atoms with van der Waals surface area (Å²) in [6.07, 6.45) is 5.41. The Labute approximate surface area is 96.9 Å². The maximum Gasteiger partial charge on any atom is 0.0716 e. The molecular weight excluding hydrogens is 202 g/mol. The molecule has 1 aliphatic heterocycles. The van der Waals surface area contributed by atoms with Crippen LogP contribution in [0.15, 0.2) is 12.3 Å². The molecule has 2 rings (SSSR count). The molecule has 1 saturated heterocycles. The molecule has 0 bridgehead atoms. The van der Waals surface area contributed by atoms with Crippen molar-refractivity contribution in [2.24, 2.45) is 7.05 Å². The summed E-state index contributed by atoms with van der Waals surface area (Å²) >= 11 is 0. The van der Waals surface area contributed by atoms with Crippen LogP contribution < -0.4 is 0 Å². The summed E-state index contributed by atoms with van der Waals surface area (Å²) in [4.78, 5) is 2.29. The van der Waals surface area contributed by atoms with Crippen LogP contribution in [-0.4, -0.2) is 45.5 Å². The van der Waals surface area contributed by atoms with Crippen molar-refractivity contribution >= 4 is 0 Å². The summed E-state index contributed by atoms with van der Waals surface area (Å²) in [5, 5.41) is 14.9. The Hall–Kier alpha value is -0.870. The fraction of sp³-hybridized carbons (Fsp3) is 0.750. The van der Waals surface area contributed by atoms with Crippen LogP contribution in [0.1, 0.15) is 25.0 Å². The van der Waals surface area contributed by atoms with Crippen LogP contribution >= 0.6 is 0 Å². The molecule has 0 spiro atoms. The zero-order valence-corrected chi connectivity index (χ0v) is 10.2. The minimum Gasteiger partial charge on any atom is -0.389 e. The van der Waals surface area contributed by atoms with Gasteiger partial charge in [-0.2, -0.15) is 5.10 Å². The van der Waals surface area contributed by atoms with Crippen molar-refractivity contribution in [3.05, 3.63) is 18.0 Å². The molecule has 1 aromatic rings. The summed E-state index contributed by atoms with van der Waals surface area (Å²) in [5.74, 6) is 0. The van der Waals surface area contributed by atoms with Gasteiger partial charge in [-0.15, -0.1) is 0 Å². The molecule has 4 nitrogen and oxygen atoms in total. The maximum absolute atomic E-state index is 10.6. The van der Waals surface area contributed by atoms with Gasteiger partial charge in [-0.05, 0) is 38.9 Å². The molecule has 1 fully saturated rings. The predicted molar refractivity (Wildman–Crippen MR) is 63.2 cm³/mol. The monoisotopic (exact) mass is 223 g/mol. The molecule has 1 atom stereocenters. The normalized spacial score (nSPS) is 27.9. The van der Waals surface area contributed by atoms with Crippen molar-refractivity contribution in [1.29, 1.82) is 0 Å². The third kappa shape index (κ3) is 2.83. The number of aryl methyl sites for hydroxylation is 1. The lowest BCUT2D eigenvalue weighted by atomic mass is 9.90. The lowest BCUT2D eigenvalue weighted by Gasteiger charge is -2.25. The highest BCUT2D eigenvalue weighted by atomic mass is 16.3. The van der Waals surface area contributed by atoms with E-state index in [0.29, 0.717) is 6.42 Å². The molecule has 4 heteroatoms. The Bertz CT molecular complexity index is 350. The maximum atomic E-state index is 10.6. The van der Waals surface area contributed by atoms with Gasteiger partial charge in [-0.25, -0.2) is 0 Å². The molecule has 1 N–H and O–H groups in total. The molecule has 0 amide bonds. The number of likely N-dealkylation sites (tertiary alicyclic amines) is 1. The van der Waals surface area contributed by atoms with Gasteiger partial charge in [0.05, 0.1) is 11.3 Å². The summed E-state index contributed by atoms with van der Waals surface area (Å²) in [6.45, 7) is 2.06. The molecule has 1 aromatic heterocycles. The molecule has 0 aliphatic carbocycles. The van der Waals surface area contributed by atoms with Crippen LogP contribution in [0.3, 0.4) is 0 Å². The van der Waals surface area contributed by atoms with Crippen LogP contribution in [0.5, 0.6) is 0 Å². The van der Waals surface area contributed by atoms with Gasteiger partial charge in [0, 0.05) is 26.2 Å². The molecule has 1 unspecified atom stereocenters. The van der Waals surface area contributed by atoms with Crippen LogP contribution in [-0.2, 0) is 13.5 Å². The van der Waals surface area contributed by atoms with E-state index in [1.807, 2.05) is 19.3 Å². The van der Waals surface area contributed by atoms with Gasteiger partial charge in [-0.3, -0.25) is 4.68 Å². The first-order chi connectivity index (χ1) is 7.57. The SMILES string of the molecule is CN1CCCC(O)(Cc2ccn(C)n2)CC1. The van der Waals surface area contributed by atoms with Gasteiger partial charge in [0.25, 0.3) is 0 Å². The van der Waals surface area contributed by atoms with Crippen LogP contribution in [0.4, 0.5) is 0 Å². The third-order valence-corrected chi connectivity index (χ3v) is 3.42. The van der Waals surface area contributed by atoms with E-state index in [9.17, 15) is 5.11 Å². The van der Waals surface area contributed by atoms with E-state index < -0.39 is 5.60 Å². The van der Waals surface area contributed by atoms with Gasteiger partial charge in [0.1, 0.15) is 0 Å². The van der Waals surface area contributed by atoms with Crippen molar-refractivity contribution in [2.45, 2.75) is 31.3 Å². The molecule has 0 aromatic carbocycles. The first-order valence-corrected chi connectivity index (χ1v) is 5.97. The topological polar surface area (TPSA) is 41.3 Å². The number of rotatable bonds is 2. The lowest BCUT2D eigenvalue weighted by Crippen LogP contribution is -2.33. The highest BCUT2D eigenvalue weighted by molar-refractivity contribution is 5.04. The fourth-order valence-electron chi connectivity index (χ4n) is 2.39. The first kappa shape index (κ1) is 11.6. The van der Waals surface area contributed by atoms with E-state index in [1.54, 1.807) is 4.68 Å². The molecule has 0 radical (unpaired) electrons. The second kappa shape index (κ2) is 4.55. The number of aromatic nitrogens is 2. The zero-order valence-electron chi connectivity index (χ0n) is 10.2. The Morgan fingerprint density at radius 3 is 2.88 bits per heavy atom. The molecule has 16 heavy (non-hydrogen) atoms. The Balaban J connectivity index is 2.01. The minimum atomic E-state index is -0.556. The smallest absolute Gasteiger partial charge is 0.0716 e. The van der Waals surface area contributed by atoms with E-state index in [2.05, 4.69) is 17.0 Å². The van der Waals surface area contributed by atoms with Crippen molar-refractivity contribution in [2.75, 3.05) is 20.1 Å². The Morgan fingerprint density at radius 2 is 2.19 bits per heavy atom. The average Bonchev–Trinajstić information content (AvgIpc) is 2.53. The predicted octanol–water partition coefficient (Wildman–Crippen LogP) is 0.809.